The van der Waals surface area contributed by atoms with E-state index in [1.807, 2.05) is 31.4 Å². The van der Waals surface area contributed by atoms with E-state index in [4.69, 9.17) is 5.73 Å². The van der Waals surface area contributed by atoms with Crippen LogP contribution in [0.5, 0.6) is 0 Å². The number of fused-ring (bicyclic) bond motifs is 1. The van der Waals surface area contributed by atoms with Crippen LogP contribution in [0.4, 0.5) is 4.39 Å². The fraction of sp³-hybridized carbons (Fsp3) is 0.462. The van der Waals surface area contributed by atoms with Gasteiger partial charge in [0.15, 0.2) is 5.82 Å². The quantitative estimate of drug-likeness (QED) is 0.888. The SMILES string of the molecule is CCn1c(C(C)(C)CN)nc2c(F)cccc21. The second kappa shape index (κ2) is 4.11. The van der Waals surface area contributed by atoms with Gasteiger partial charge in [-0.2, -0.15) is 0 Å². The molecule has 1 aromatic carbocycles. The molecule has 0 saturated carbocycles. The summed E-state index contributed by atoms with van der Waals surface area (Å²) in [5, 5.41) is 0. The molecule has 17 heavy (non-hydrogen) atoms. The second-order valence-electron chi connectivity index (χ2n) is 4.88. The van der Waals surface area contributed by atoms with Gasteiger partial charge in [0.25, 0.3) is 0 Å². The molecule has 1 aromatic heterocycles. The first kappa shape index (κ1) is 12.0. The molecular weight excluding hydrogens is 217 g/mol. The van der Waals surface area contributed by atoms with E-state index >= 15 is 0 Å². The Hall–Kier alpha value is -1.42. The Morgan fingerprint density at radius 2 is 2.12 bits per heavy atom. The van der Waals surface area contributed by atoms with Crippen LogP contribution in [0, 0.1) is 5.82 Å². The smallest absolute Gasteiger partial charge is 0.151 e. The van der Waals surface area contributed by atoms with Gasteiger partial charge in [-0.05, 0) is 19.1 Å². The predicted octanol–water partition coefficient (Wildman–Crippen LogP) is 2.43. The van der Waals surface area contributed by atoms with Gasteiger partial charge in [0.2, 0.25) is 0 Å². The highest BCUT2D eigenvalue weighted by atomic mass is 19.1. The summed E-state index contributed by atoms with van der Waals surface area (Å²) in [5.41, 5.74) is 6.80. The summed E-state index contributed by atoms with van der Waals surface area (Å²) < 4.78 is 15.7. The Bertz CT molecular complexity index is 543. The first-order valence-corrected chi connectivity index (χ1v) is 5.86. The molecular formula is C13H18FN3. The molecule has 3 nitrogen and oxygen atoms in total. The summed E-state index contributed by atoms with van der Waals surface area (Å²) in [7, 11) is 0. The Labute approximate surface area is 100 Å². The van der Waals surface area contributed by atoms with Gasteiger partial charge in [0.1, 0.15) is 11.3 Å². The lowest BCUT2D eigenvalue weighted by molar-refractivity contribution is 0.476. The zero-order chi connectivity index (χ0) is 12.6. The lowest BCUT2D eigenvalue weighted by Crippen LogP contribution is -2.31. The van der Waals surface area contributed by atoms with Crippen molar-refractivity contribution in [3.05, 3.63) is 29.8 Å². The molecule has 0 aliphatic heterocycles. The average Bonchev–Trinajstić information content (AvgIpc) is 2.69. The van der Waals surface area contributed by atoms with E-state index in [0.717, 1.165) is 17.9 Å². The third-order valence-electron chi connectivity index (χ3n) is 3.16. The molecule has 0 fully saturated rings. The third-order valence-corrected chi connectivity index (χ3v) is 3.16. The van der Waals surface area contributed by atoms with Crippen LogP contribution in [0.1, 0.15) is 26.6 Å². The van der Waals surface area contributed by atoms with Gasteiger partial charge in [-0.3, -0.25) is 0 Å². The largest absolute Gasteiger partial charge is 0.329 e. The topological polar surface area (TPSA) is 43.8 Å². The number of imidazole rings is 1. The summed E-state index contributed by atoms with van der Waals surface area (Å²) in [6, 6.07) is 5.05. The predicted molar refractivity (Wildman–Crippen MR) is 67.4 cm³/mol. The normalized spacial score (nSPS) is 12.3. The van der Waals surface area contributed by atoms with E-state index in [1.165, 1.54) is 6.07 Å². The van der Waals surface area contributed by atoms with Crippen LogP contribution in [0.25, 0.3) is 11.0 Å². The molecule has 0 radical (unpaired) electrons. The minimum Gasteiger partial charge on any atom is -0.329 e. The number of aryl methyl sites for hydroxylation is 1. The molecule has 92 valence electrons. The second-order valence-corrected chi connectivity index (χ2v) is 4.88. The van der Waals surface area contributed by atoms with Crippen molar-refractivity contribution in [2.45, 2.75) is 32.7 Å². The lowest BCUT2D eigenvalue weighted by atomic mass is 9.92. The number of nitrogens with two attached hydrogens (primary N) is 1. The Morgan fingerprint density at radius 3 is 2.71 bits per heavy atom. The number of hydrogen-bond acceptors (Lipinski definition) is 2. The van der Waals surface area contributed by atoms with Gasteiger partial charge in [0, 0.05) is 18.5 Å². The van der Waals surface area contributed by atoms with Crippen molar-refractivity contribution in [2.75, 3.05) is 6.54 Å². The van der Waals surface area contributed by atoms with Crippen molar-refractivity contribution in [3.8, 4) is 0 Å². The van der Waals surface area contributed by atoms with Crippen LogP contribution in [0.3, 0.4) is 0 Å². The molecule has 1 heterocycles. The van der Waals surface area contributed by atoms with E-state index in [1.54, 1.807) is 6.07 Å². The van der Waals surface area contributed by atoms with Crippen LogP contribution >= 0.6 is 0 Å². The first-order valence-electron chi connectivity index (χ1n) is 5.86. The van der Waals surface area contributed by atoms with Crippen molar-refractivity contribution < 1.29 is 4.39 Å². The van der Waals surface area contributed by atoms with E-state index in [2.05, 4.69) is 4.98 Å². The Kier molecular flexibility index (Phi) is 2.91. The Balaban J connectivity index is 2.77. The lowest BCUT2D eigenvalue weighted by Gasteiger charge is -2.22. The highest BCUT2D eigenvalue weighted by Gasteiger charge is 2.26. The fourth-order valence-electron chi connectivity index (χ4n) is 2.04. The van der Waals surface area contributed by atoms with Crippen LogP contribution < -0.4 is 5.73 Å². The van der Waals surface area contributed by atoms with Crippen molar-refractivity contribution in [2.24, 2.45) is 5.73 Å². The molecule has 0 spiro atoms. The third kappa shape index (κ3) is 1.82. The van der Waals surface area contributed by atoms with Gasteiger partial charge in [-0.15, -0.1) is 0 Å². The molecule has 2 aromatic rings. The number of rotatable bonds is 3. The number of hydrogen-bond donors (Lipinski definition) is 1. The molecule has 0 aliphatic rings. The summed E-state index contributed by atoms with van der Waals surface area (Å²) in [6.07, 6.45) is 0. The van der Waals surface area contributed by atoms with Gasteiger partial charge < -0.3 is 10.3 Å². The van der Waals surface area contributed by atoms with Crippen molar-refractivity contribution in [3.63, 3.8) is 0 Å². The number of aromatic nitrogens is 2. The highest BCUT2D eigenvalue weighted by molar-refractivity contribution is 5.77. The molecule has 2 rings (SSSR count). The van der Waals surface area contributed by atoms with Crippen molar-refractivity contribution in [1.29, 1.82) is 0 Å². The van der Waals surface area contributed by atoms with E-state index in [9.17, 15) is 4.39 Å². The minimum atomic E-state index is -0.274. The summed E-state index contributed by atoms with van der Waals surface area (Å²) in [4.78, 5) is 4.43. The zero-order valence-electron chi connectivity index (χ0n) is 10.5. The highest BCUT2D eigenvalue weighted by Crippen LogP contribution is 2.27. The molecule has 2 N–H and O–H groups in total. The molecule has 0 aliphatic carbocycles. The molecule has 0 amide bonds. The van der Waals surface area contributed by atoms with E-state index in [0.29, 0.717) is 12.1 Å². The van der Waals surface area contributed by atoms with E-state index in [-0.39, 0.29) is 11.2 Å². The minimum absolute atomic E-state index is 0.249. The standard InChI is InChI=1S/C13H18FN3/c1-4-17-10-7-5-6-9(14)11(10)16-12(17)13(2,3)8-15/h5-7H,4,8,15H2,1-3H3. The monoisotopic (exact) mass is 235 g/mol. The molecule has 0 saturated heterocycles. The zero-order valence-corrected chi connectivity index (χ0v) is 10.5. The van der Waals surface area contributed by atoms with Crippen molar-refractivity contribution >= 4 is 11.0 Å². The summed E-state index contributed by atoms with van der Waals surface area (Å²) in [6.45, 7) is 7.33. The van der Waals surface area contributed by atoms with Crippen LogP contribution in [0.15, 0.2) is 18.2 Å². The number of benzene rings is 1. The summed E-state index contributed by atoms with van der Waals surface area (Å²) in [5.74, 6) is 0.575. The van der Waals surface area contributed by atoms with Gasteiger partial charge in [-0.1, -0.05) is 19.9 Å². The number of nitrogens with zero attached hydrogens (tertiary/aromatic N) is 2. The van der Waals surface area contributed by atoms with Gasteiger partial charge in [-0.25, -0.2) is 9.37 Å². The average molecular weight is 235 g/mol. The van der Waals surface area contributed by atoms with Crippen LogP contribution in [-0.2, 0) is 12.0 Å². The maximum Gasteiger partial charge on any atom is 0.151 e. The maximum absolute atomic E-state index is 13.7. The first-order chi connectivity index (χ1) is 8.01. The number of para-hydroxylation sites is 1. The number of halogens is 1. The fourth-order valence-corrected chi connectivity index (χ4v) is 2.04. The molecule has 4 heteroatoms. The molecule has 0 unspecified atom stereocenters. The van der Waals surface area contributed by atoms with Crippen LogP contribution in [0.2, 0.25) is 0 Å². The molecule has 0 bridgehead atoms. The summed E-state index contributed by atoms with van der Waals surface area (Å²) >= 11 is 0. The Morgan fingerprint density at radius 1 is 1.41 bits per heavy atom. The van der Waals surface area contributed by atoms with Gasteiger partial charge >= 0.3 is 0 Å². The van der Waals surface area contributed by atoms with Gasteiger partial charge in [0.05, 0.1) is 5.52 Å². The molecule has 0 atom stereocenters. The van der Waals surface area contributed by atoms with Crippen LogP contribution in [-0.4, -0.2) is 16.1 Å². The maximum atomic E-state index is 13.7. The van der Waals surface area contributed by atoms with E-state index < -0.39 is 0 Å². The van der Waals surface area contributed by atoms with Crippen molar-refractivity contribution in [1.82, 2.24) is 9.55 Å².